The highest BCUT2D eigenvalue weighted by molar-refractivity contribution is 7.89. The number of rotatable bonds is 2. The molecule has 2 aromatic carbocycles. The van der Waals surface area contributed by atoms with E-state index in [4.69, 9.17) is 0 Å². The summed E-state index contributed by atoms with van der Waals surface area (Å²) >= 11 is 0. The fourth-order valence-electron chi connectivity index (χ4n) is 2.67. The van der Waals surface area contributed by atoms with Crippen molar-refractivity contribution < 1.29 is 8.42 Å². The fourth-order valence-corrected chi connectivity index (χ4v) is 4.42. The maximum atomic E-state index is 12.8. The summed E-state index contributed by atoms with van der Waals surface area (Å²) in [7, 11) is -3.43. The molecule has 1 fully saturated rings. The fraction of sp³-hybridized carbons (Fsp3) is 0.333. The minimum Gasteiger partial charge on any atom is -0.312 e. The number of halogens is 1. The molecule has 1 aliphatic heterocycles. The van der Waals surface area contributed by atoms with Crippen LogP contribution in [0.4, 0.5) is 0 Å². The van der Waals surface area contributed by atoms with E-state index in [2.05, 4.69) is 5.32 Å². The average Bonchev–Trinajstić information content (AvgIpc) is 2.46. The Kier molecular flexibility index (Phi) is 4.88. The molecule has 0 radical (unpaired) electrons. The van der Waals surface area contributed by atoms with Crippen molar-refractivity contribution in [3.63, 3.8) is 0 Å². The van der Waals surface area contributed by atoms with Crippen LogP contribution in [-0.4, -0.2) is 38.4 Å². The van der Waals surface area contributed by atoms with E-state index in [1.165, 1.54) is 0 Å². The number of piperazine rings is 1. The first-order valence-electron chi connectivity index (χ1n) is 6.80. The highest BCUT2D eigenvalue weighted by Gasteiger charge is 2.29. The van der Waals surface area contributed by atoms with Crippen LogP contribution < -0.4 is 5.32 Å². The molecule has 0 bridgehead atoms. The van der Waals surface area contributed by atoms with E-state index in [-0.39, 0.29) is 18.4 Å². The predicted molar refractivity (Wildman–Crippen MR) is 87.4 cm³/mol. The lowest BCUT2D eigenvalue weighted by Gasteiger charge is -2.31. The van der Waals surface area contributed by atoms with Crippen molar-refractivity contribution in [2.45, 2.75) is 17.9 Å². The average molecular weight is 327 g/mol. The van der Waals surface area contributed by atoms with Crippen LogP contribution in [0.2, 0.25) is 0 Å². The molecule has 0 aliphatic carbocycles. The van der Waals surface area contributed by atoms with Gasteiger partial charge in [0.25, 0.3) is 0 Å². The Labute approximate surface area is 131 Å². The zero-order valence-corrected chi connectivity index (χ0v) is 13.5. The molecule has 4 nitrogen and oxygen atoms in total. The molecule has 21 heavy (non-hydrogen) atoms. The molecule has 0 spiro atoms. The van der Waals surface area contributed by atoms with Crippen LogP contribution >= 0.6 is 12.4 Å². The van der Waals surface area contributed by atoms with Crippen molar-refractivity contribution >= 4 is 33.2 Å². The van der Waals surface area contributed by atoms with Crippen LogP contribution in [0.15, 0.2) is 47.4 Å². The molecule has 2 aromatic rings. The zero-order valence-electron chi connectivity index (χ0n) is 11.8. The normalized spacial score (nSPS) is 20.1. The van der Waals surface area contributed by atoms with Gasteiger partial charge in [0.15, 0.2) is 0 Å². The number of fused-ring (bicyclic) bond motifs is 1. The summed E-state index contributed by atoms with van der Waals surface area (Å²) in [6, 6.07) is 13.2. The molecule has 0 saturated carbocycles. The largest absolute Gasteiger partial charge is 0.312 e. The van der Waals surface area contributed by atoms with Gasteiger partial charge in [-0.2, -0.15) is 4.31 Å². The third kappa shape index (κ3) is 3.06. The second-order valence-corrected chi connectivity index (χ2v) is 7.10. The summed E-state index contributed by atoms with van der Waals surface area (Å²) in [5, 5.41) is 5.01. The van der Waals surface area contributed by atoms with Crippen LogP contribution in [0, 0.1) is 0 Å². The SMILES string of the molecule is CC1CN(S(=O)(=O)c2cccc3ccccc23)CCN1.Cl. The Balaban J connectivity index is 0.00000161. The maximum absolute atomic E-state index is 12.8. The lowest BCUT2D eigenvalue weighted by molar-refractivity contribution is 0.310. The summed E-state index contributed by atoms with van der Waals surface area (Å²) < 4.78 is 27.3. The van der Waals surface area contributed by atoms with Gasteiger partial charge in [0, 0.05) is 31.1 Å². The molecule has 1 atom stereocenters. The van der Waals surface area contributed by atoms with Gasteiger partial charge in [-0.15, -0.1) is 12.4 Å². The molecule has 6 heteroatoms. The summed E-state index contributed by atoms with van der Waals surface area (Å²) in [5.74, 6) is 0. The summed E-state index contributed by atoms with van der Waals surface area (Å²) in [4.78, 5) is 0.407. The van der Waals surface area contributed by atoms with Crippen molar-refractivity contribution in [1.29, 1.82) is 0 Å². The van der Waals surface area contributed by atoms with E-state index in [0.29, 0.717) is 24.5 Å². The molecule has 1 unspecified atom stereocenters. The van der Waals surface area contributed by atoms with Gasteiger partial charge in [-0.25, -0.2) is 8.42 Å². The van der Waals surface area contributed by atoms with Gasteiger partial charge in [0.05, 0.1) is 4.90 Å². The first-order valence-corrected chi connectivity index (χ1v) is 8.24. The van der Waals surface area contributed by atoms with Crippen LogP contribution in [0.1, 0.15) is 6.92 Å². The number of hydrogen-bond donors (Lipinski definition) is 1. The third-order valence-corrected chi connectivity index (χ3v) is 5.62. The highest BCUT2D eigenvalue weighted by atomic mass is 35.5. The monoisotopic (exact) mass is 326 g/mol. The van der Waals surface area contributed by atoms with E-state index in [9.17, 15) is 8.42 Å². The molecule has 0 aromatic heterocycles. The molecule has 0 amide bonds. The topological polar surface area (TPSA) is 49.4 Å². The Bertz CT molecular complexity index is 728. The molecule has 1 heterocycles. The van der Waals surface area contributed by atoms with E-state index in [0.717, 1.165) is 10.8 Å². The minimum absolute atomic E-state index is 0. The summed E-state index contributed by atoms with van der Waals surface area (Å²) in [5.41, 5.74) is 0. The zero-order chi connectivity index (χ0) is 14.2. The first kappa shape index (κ1) is 16.2. The maximum Gasteiger partial charge on any atom is 0.243 e. The standard InChI is InChI=1S/C15H18N2O2S.ClH/c1-12-11-17(10-9-16-12)20(18,19)15-8-4-6-13-5-2-3-7-14(13)15;/h2-8,12,16H,9-11H2,1H3;1H. The molecular weight excluding hydrogens is 308 g/mol. The second-order valence-electron chi connectivity index (χ2n) is 5.20. The van der Waals surface area contributed by atoms with Crippen molar-refractivity contribution in [3.05, 3.63) is 42.5 Å². The van der Waals surface area contributed by atoms with Crippen molar-refractivity contribution in [2.75, 3.05) is 19.6 Å². The number of nitrogens with one attached hydrogen (secondary N) is 1. The van der Waals surface area contributed by atoms with E-state index in [1.807, 2.05) is 37.3 Å². The first-order chi connectivity index (χ1) is 9.59. The van der Waals surface area contributed by atoms with Gasteiger partial charge in [0.1, 0.15) is 0 Å². The van der Waals surface area contributed by atoms with Gasteiger partial charge in [-0.05, 0) is 18.4 Å². The Hall–Kier alpha value is -1.14. The molecular formula is C15H19ClN2O2S. The molecule has 3 rings (SSSR count). The lowest BCUT2D eigenvalue weighted by Crippen LogP contribution is -2.51. The lowest BCUT2D eigenvalue weighted by atomic mass is 10.1. The Morgan fingerprint density at radius 3 is 2.62 bits per heavy atom. The van der Waals surface area contributed by atoms with Gasteiger partial charge >= 0.3 is 0 Å². The van der Waals surface area contributed by atoms with Crippen LogP contribution in [0.3, 0.4) is 0 Å². The third-order valence-electron chi connectivity index (χ3n) is 3.70. The minimum atomic E-state index is -3.43. The summed E-state index contributed by atoms with van der Waals surface area (Å²) in [6.45, 7) is 3.75. The van der Waals surface area contributed by atoms with Crippen LogP contribution in [0.5, 0.6) is 0 Å². The van der Waals surface area contributed by atoms with Crippen LogP contribution in [0.25, 0.3) is 10.8 Å². The van der Waals surface area contributed by atoms with Crippen molar-refractivity contribution in [1.82, 2.24) is 9.62 Å². The molecule has 114 valence electrons. The van der Waals surface area contributed by atoms with E-state index >= 15 is 0 Å². The predicted octanol–water partition coefficient (Wildman–Crippen LogP) is 2.24. The van der Waals surface area contributed by atoms with Crippen molar-refractivity contribution in [3.8, 4) is 0 Å². The summed E-state index contributed by atoms with van der Waals surface area (Å²) in [6.07, 6.45) is 0. The van der Waals surface area contributed by atoms with Gasteiger partial charge < -0.3 is 5.32 Å². The number of nitrogens with zero attached hydrogens (tertiary/aromatic N) is 1. The van der Waals surface area contributed by atoms with Gasteiger partial charge in [0.2, 0.25) is 10.0 Å². The number of hydrogen-bond acceptors (Lipinski definition) is 3. The number of sulfonamides is 1. The van der Waals surface area contributed by atoms with E-state index < -0.39 is 10.0 Å². The molecule has 1 N–H and O–H groups in total. The van der Waals surface area contributed by atoms with Crippen LogP contribution in [-0.2, 0) is 10.0 Å². The number of benzene rings is 2. The quantitative estimate of drug-likeness (QED) is 0.921. The van der Waals surface area contributed by atoms with Gasteiger partial charge in [-0.3, -0.25) is 0 Å². The second kappa shape index (κ2) is 6.32. The Morgan fingerprint density at radius 2 is 1.86 bits per heavy atom. The van der Waals surface area contributed by atoms with Crippen molar-refractivity contribution in [2.24, 2.45) is 0 Å². The highest BCUT2D eigenvalue weighted by Crippen LogP contribution is 2.26. The molecule has 1 aliphatic rings. The van der Waals surface area contributed by atoms with E-state index in [1.54, 1.807) is 16.4 Å². The molecule has 1 saturated heterocycles. The Morgan fingerprint density at radius 1 is 1.14 bits per heavy atom. The smallest absolute Gasteiger partial charge is 0.243 e. The van der Waals surface area contributed by atoms with Gasteiger partial charge in [-0.1, -0.05) is 36.4 Å².